The zero-order chi connectivity index (χ0) is 14.1. The Bertz CT molecular complexity index is 652. The average Bonchev–Trinajstić information content (AvgIpc) is 2.94. The minimum absolute atomic E-state index is 0.792. The molecule has 104 valence electrons. The Morgan fingerprint density at radius 2 is 2.05 bits per heavy atom. The summed E-state index contributed by atoms with van der Waals surface area (Å²) in [5.74, 6) is 2.65. The summed E-state index contributed by atoms with van der Waals surface area (Å²) < 4.78 is 5.30. The third-order valence-corrected chi connectivity index (χ3v) is 3.82. The Labute approximate surface area is 119 Å². The van der Waals surface area contributed by atoms with E-state index in [1.807, 2.05) is 26.1 Å². The van der Waals surface area contributed by atoms with Gasteiger partial charge in [0.15, 0.2) is 5.82 Å². The minimum Gasteiger partial charge on any atom is -0.496 e. The molecule has 0 bridgehead atoms. The van der Waals surface area contributed by atoms with Gasteiger partial charge in [-0.1, -0.05) is 0 Å². The number of nitrogens with zero attached hydrogens (tertiary/aromatic N) is 2. The van der Waals surface area contributed by atoms with E-state index >= 15 is 0 Å². The van der Waals surface area contributed by atoms with Crippen LogP contribution in [0.5, 0.6) is 5.75 Å². The van der Waals surface area contributed by atoms with Gasteiger partial charge in [0.25, 0.3) is 0 Å². The standard InChI is InChI=1S/C16H19N3O/c1-10-9-11(7-8-14(10)20-3)15-18-13-6-4-5-12(13)16(17-2)19-15/h7-9H,4-6H2,1-3H3,(H,17,18,19). The largest absolute Gasteiger partial charge is 0.496 e. The van der Waals surface area contributed by atoms with Crippen LogP contribution >= 0.6 is 0 Å². The summed E-state index contributed by atoms with van der Waals surface area (Å²) in [5, 5.41) is 3.20. The van der Waals surface area contributed by atoms with E-state index in [2.05, 4.69) is 16.4 Å². The maximum Gasteiger partial charge on any atom is 0.161 e. The van der Waals surface area contributed by atoms with Crippen LogP contribution in [0.1, 0.15) is 23.2 Å². The summed E-state index contributed by atoms with van der Waals surface area (Å²) in [6.07, 6.45) is 3.30. The molecule has 3 rings (SSSR count). The molecule has 0 radical (unpaired) electrons. The number of hydrogen-bond acceptors (Lipinski definition) is 4. The van der Waals surface area contributed by atoms with Crippen LogP contribution in [0.25, 0.3) is 11.4 Å². The first kappa shape index (κ1) is 12.9. The molecule has 0 atom stereocenters. The quantitative estimate of drug-likeness (QED) is 0.930. The number of rotatable bonds is 3. The first-order valence-corrected chi connectivity index (χ1v) is 6.95. The number of hydrogen-bond donors (Lipinski definition) is 1. The molecule has 0 spiro atoms. The van der Waals surface area contributed by atoms with Gasteiger partial charge >= 0.3 is 0 Å². The molecule has 0 saturated heterocycles. The molecular formula is C16H19N3O. The molecule has 2 aromatic rings. The number of aromatic nitrogens is 2. The zero-order valence-corrected chi connectivity index (χ0v) is 12.2. The van der Waals surface area contributed by atoms with Gasteiger partial charge in [0.1, 0.15) is 11.6 Å². The summed E-state index contributed by atoms with van der Waals surface area (Å²) in [6.45, 7) is 2.04. The van der Waals surface area contributed by atoms with E-state index in [9.17, 15) is 0 Å². The lowest BCUT2D eigenvalue weighted by Gasteiger charge is -2.11. The van der Waals surface area contributed by atoms with Gasteiger partial charge in [0, 0.05) is 23.9 Å². The SMILES string of the molecule is CNc1nc(-c2ccc(OC)c(C)c2)nc2c1CCC2. The molecule has 1 aliphatic carbocycles. The highest BCUT2D eigenvalue weighted by Gasteiger charge is 2.19. The molecule has 1 aliphatic rings. The van der Waals surface area contributed by atoms with Gasteiger partial charge < -0.3 is 10.1 Å². The number of ether oxygens (including phenoxy) is 1. The van der Waals surface area contributed by atoms with Crippen LogP contribution < -0.4 is 10.1 Å². The van der Waals surface area contributed by atoms with Gasteiger partial charge in [-0.05, 0) is 49.9 Å². The normalized spacial score (nSPS) is 13.2. The van der Waals surface area contributed by atoms with Crippen LogP contribution in [-0.4, -0.2) is 24.1 Å². The van der Waals surface area contributed by atoms with Crippen molar-refractivity contribution in [3.8, 4) is 17.1 Å². The van der Waals surface area contributed by atoms with Crippen molar-refractivity contribution in [3.05, 3.63) is 35.0 Å². The second-order valence-electron chi connectivity index (χ2n) is 5.11. The van der Waals surface area contributed by atoms with E-state index in [-0.39, 0.29) is 0 Å². The third-order valence-electron chi connectivity index (χ3n) is 3.82. The molecule has 0 amide bonds. The van der Waals surface area contributed by atoms with Crippen LogP contribution in [0.3, 0.4) is 0 Å². The predicted molar refractivity (Wildman–Crippen MR) is 80.3 cm³/mol. The fraction of sp³-hybridized carbons (Fsp3) is 0.375. The molecule has 1 aromatic carbocycles. The lowest BCUT2D eigenvalue weighted by molar-refractivity contribution is 0.412. The molecular weight excluding hydrogens is 250 g/mol. The van der Waals surface area contributed by atoms with Crippen LogP contribution in [0.2, 0.25) is 0 Å². The van der Waals surface area contributed by atoms with Gasteiger partial charge in [-0.15, -0.1) is 0 Å². The van der Waals surface area contributed by atoms with Crippen molar-refractivity contribution in [1.82, 2.24) is 9.97 Å². The predicted octanol–water partition coefficient (Wildman–Crippen LogP) is 2.99. The van der Waals surface area contributed by atoms with Gasteiger partial charge in [0.05, 0.1) is 7.11 Å². The lowest BCUT2D eigenvalue weighted by Crippen LogP contribution is -2.03. The molecule has 20 heavy (non-hydrogen) atoms. The number of nitrogens with one attached hydrogen (secondary N) is 1. The summed E-state index contributed by atoms with van der Waals surface area (Å²) >= 11 is 0. The highest BCUT2D eigenvalue weighted by Crippen LogP contribution is 2.30. The van der Waals surface area contributed by atoms with E-state index in [4.69, 9.17) is 9.72 Å². The molecule has 0 saturated carbocycles. The Balaban J connectivity index is 2.08. The molecule has 0 fully saturated rings. The van der Waals surface area contributed by atoms with Crippen molar-refractivity contribution >= 4 is 5.82 Å². The molecule has 4 nitrogen and oxygen atoms in total. The maximum atomic E-state index is 5.30. The van der Waals surface area contributed by atoms with Crippen LogP contribution in [-0.2, 0) is 12.8 Å². The summed E-state index contributed by atoms with van der Waals surface area (Å²) in [5.41, 5.74) is 4.60. The Kier molecular flexibility index (Phi) is 3.30. The van der Waals surface area contributed by atoms with Gasteiger partial charge in [-0.2, -0.15) is 0 Å². The minimum atomic E-state index is 0.792. The smallest absolute Gasteiger partial charge is 0.161 e. The van der Waals surface area contributed by atoms with E-state index in [1.54, 1.807) is 7.11 Å². The van der Waals surface area contributed by atoms with Crippen molar-refractivity contribution < 1.29 is 4.74 Å². The highest BCUT2D eigenvalue weighted by atomic mass is 16.5. The monoisotopic (exact) mass is 269 g/mol. The van der Waals surface area contributed by atoms with Crippen molar-refractivity contribution in [2.45, 2.75) is 26.2 Å². The number of benzene rings is 1. The van der Waals surface area contributed by atoms with Crippen molar-refractivity contribution in [2.75, 3.05) is 19.5 Å². The topological polar surface area (TPSA) is 47.0 Å². The Morgan fingerprint density at radius 3 is 2.75 bits per heavy atom. The fourth-order valence-corrected chi connectivity index (χ4v) is 2.79. The first-order chi connectivity index (χ1) is 9.72. The molecule has 0 unspecified atom stereocenters. The van der Waals surface area contributed by atoms with Gasteiger partial charge in [-0.25, -0.2) is 9.97 Å². The number of anilines is 1. The average molecular weight is 269 g/mol. The fourth-order valence-electron chi connectivity index (χ4n) is 2.79. The van der Waals surface area contributed by atoms with Gasteiger partial charge in [0.2, 0.25) is 0 Å². The number of methoxy groups -OCH3 is 1. The van der Waals surface area contributed by atoms with Crippen molar-refractivity contribution in [3.63, 3.8) is 0 Å². The van der Waals surface area contributed by atoms with E-state index in [0.29, 0.717) is 0 Å². The van der Waals surface area contributed by atoms with Gasteiger partial charge in [-0.3, -0.25) is 0 Å². The van der Waals surface area contributed by atoms with E-state index < -0.39 is 0 Å². The molecule has 1 N–H and O–H groups in total. The summed E-state index contributed by atoms with van der Waals surface area (Å²) in [7, 11) is 3.61. The van der Waals surface area contributed by atoms with E-state index in [1.165, 1.54) is 17.7 Å². The Morgan fingerprint density at radius 1 is 1.20 bits per heavy atom. The van der Waals surface area contributed by atoms with E-state index in [0.717, 1.165) is 41.4 Å². The second kappa shape index (κ2) is 5.12. The van der Waals surface area contributed by atoms with Crippen molar-refractivity contribution in [1.29, 1.82) is 0 Å². The lowest BCUT2D eigenvalue weighted by atomic mass is 10.1. The number of aryl methyl sites for hydroxylation is 2. The second-order valence-corrected chi connectivity index (χ2v) is 5.11. The van der Waals surface area contributed by atoms with Crippen LogP contribution in [0.4, 0.5) is 5.82 Å². The molecule has 4 heteroatoms. The molecule has 0 aliphatic heterocycles. The Hall–Kier alpha value is -2.10. The zero-order valence-electron chi connectivity index (χ0n) is 12.2. The highest BCUT2D eigenvalue weighted by molar-refractivity contribution is 5.62. The van der Waals surface area contributed by atoms with Crippen LogP contribution in [0, 0.1) is 6.92 Å². The summed E-state index contributed by atoms with van der Waals surface area (Å²) in [4.78, 5) is 9.40. The number of fused-ring (bicyclic) bond motifs is 1. The van der Waals surface area contributed by atoms with Crippen molar-refractivity contribution in [2.24, 2.45) is 0 Å². The molecule has 1 heterocycles. The first-order valence-electron chi connectivity index (χ1n) is 6.95. The molecule has 1 aromatic heterocycles. The third kappa shape index (κ3) is 2.11. The summed E-state index contributed by atoms with van der Waals surface area (Å²) in [6, 6.07) is 6.07. The van der Waals surface area contributed by atoms with Crippen LogP contribution in [0.15, 0.2) is 18.2 Å². The maximum absolute atomic E-state index is 5.30.